The van der Waals surface area contributed by atoms with Crippen LogP contribution in [-0.4, -0.2) is 43.8 Å². The number of carbonyl (C=O) groups excluding carboxylic acids is 3. The number of hydrogen-bond acceptors (Lipinski definition) is 8. The fraction of sp³-hybridized carbons (Fsp3) is 0.364. The van der Waals surface area contributed by atoms with Gasteiger partial charge in [-0.05, 0) is 25.0 Å². The lowest BCUT2D eigenvalue weighted by atomic mass is 9.90. The number of amides is 2. The maximum Gasteiger partial charge on any atom is 0.326 e. The fourth-order valence-electron chi connectivity index (χ4n) is 4.17. The number of benzene rings is 1. The molecule has 164 valence electrons. The molecule has 0 unspecified atom stereocenters. The summed E-state index contributed by atoms with van der Waals surface area (Å²) in [7, 11) is 0. The second-order valence-corrected chi connectivity index (χ2v) is 8.95. The zero-order valence-electron chi connectivity index (χ0n) is 17.2. The number of rotatable bonds is 5. The Labute approximate surface area is 186 Å². The highest BCUT2D eigenvalue weighted by atomic mass is 32.1. The second kappa shape index (κ2) is 8.27. The van der Waals surface area contributed by atoms with Gasteiger partial charge in [-0.15, -0.1) is 0 Å². The normalized spacial score (nSPS) is 16.6. The molecule has 1 fully saturated rings. The number of aromatic nitrogens is 3. The van der Waals surface area contributed by atoms with Gasteiger partial charge in [-0.25, -0.2) is 4.98 Å². The largest absolute Gasteiger partial charge is 0.458 e. The van der Waals surface area contributed by atoms with Gasteiger partial charge in [0.2, 0.25) is 4.96 Å². The van der Waals surface area contributed by atoms with Crippen LogP contribution in [0.4, 0.5) is 0 Å². The standard InChI is InChI=1S/C22H20N4O5S/c27-17-10-14(23-22-26(17)24-19(32-22)13-6-2-1-3-7-13)12-31-18(28)11-25-20(29)15-8-4-5-9-16(15)21(25)30/h4-5,8-10,13H,1-3,6-7,11-12H2. The Balaban J connectivity index is 1.26. The van der Waals surface area contributed by atoms with Gasteiger partial charge in [0.05, 0.1) is 16.8 Å². The van der Waals surface area contributed by atoms with Gasteiger partial charge in [0.1, 0.15) is 18.2 Å². The van der Waals surface area contributed by atoms with Crippen LogP contribution >= 0.6 is 11.3 Å². The van der Waals surface area contributed by atoms with Gasteiger partial charge in [-0.1, -0.05) is 42.7 Å². The molecule has 3 aromatic rings. The lowest BCUT2D eigenvalue weighted by molar-refractivity contribution is -0.145. The highest BCUT2D eigenvalue weighted by Crippen LogP contribution is 2.34. The van der Waals surface area contributed by atoms with E-state index in [4.69, 9.17) is 4.74 Å². The van der Waals surface area contributed by atoms with Crippen LogP contribution in [0.25, 0.3) is 4.96 Å². The first kappa shape index (κ1) is 20.5. The van der Waals surface area contributed by atoms with Crippen molar-refractivity contribution in [1.29, 1.82) is 0 Å². The predicted octanol–water partition coefficient (Wildman–Crippen LogP) is 2.54. The molecular weight excluding hydrogens is 432 g/mol. The first-order valence-electron chi connectivity index (χ1n) is 10.5. The number of fused-ring (bicyclic) bond motifs is 2. The monoisotopic (exact) mass is 452 g/mol. The summed E-state index contributed by atoms with van der Waals surface area (Å²) in [6, 6.07) is 7.69. The van der Waals surface area contributed by atoms with Gasteiger partial charge in [0.15, 0.2) is 0 Å². The van der Waals surface area contributed by atoms with Gasteiger partial charge in [0, 0.05) is 12.0 Å². The summed E-state index contributed by atoms with van der Waals surface area (Å²) in [6.45, 7) is -0.732. The Morgan fingerprint density at radius 3 is 2.44 bits per heavy atom. The summed E-state index contributed by atoms with van der Waals surface area (Å²) in [5.74, 6) is -1.45. The van der Waals surface area contributed by atoms with E-state index in [1.54, 1.807) is 24.3 Å². The molecule has 1 aliphatic carbocycles. The predicted molar refractivity (Wildman–Crippen MR) is 115 cm³/mol. The van der Waals surface area contributed by atoms with E-state index >= 15 is 0 Å². The molecule has 0 atom stereocenters. The highest BCUT2D eigenvalue weighted by Gasteiger charge is 2.36. The average Bonchev–Trinajstić information content (AvgIpc) is 3.35. The molecule has 0 saturated heterocycles. The first-order valence-corrected chi connectivity index (χ1v) is 11.3. The molecule has 1 saturated carbocycles. The topological polar surface area (TPSA) is 111 Å². The molecular formula is C22H20N4O5S. The smallest absolute Gasteiger partial charge is 0.326 e. The summed E-state index contributed by atoms with van der Waals surface area (Å²) >= 11 is 1.39. The van der Waals surface area contributed by atoms with Crippen molar-refractivity contribution >= 4 is 34.1 Å². The molecule has 1 aromatic carbocycles. The van der Waals surface area contributed by atoms with Crippen LogP contribution in [0.3, 0.4) is 0 Å². The van der Waals surface area contributed by atoms with Crippen molar-refractivity contribution in [2.45, 2.75) is 44.6 Å². The van der Waals surface area contributed by atoms with Crippen molar-refractivity contribution in [3.63, 3.8) is 0 Å². The second-order valence-electron chi connectivity index (χ2n) is 7.96. The molecule has 2 aliphatic rings. The Morgan fingerprint density at radius 2 is 1.75 bits per heavy atom. The fourth-order valence-corrected chi connectivity index (χ4v) is 5.26. The van der Waals surface area contributed by atoms with E-state index < -0.39 is 24.3 Å². The van der Waals surface area contributed by atoms with Gasteiger partial charge < -0.3 is 4.74 Å². The Morgan fingerprint density at radius 1 is 1.06 bits per heavy atom. The Hall–Kier alpha value is -3.40. The summed E-state index contributed by atoms with van der Waals surface area (Å²) < 4.78 is 6.49. The zero-order chi connectivity index (χ0) is 22.2. The van der Waals surface area contributed by atoms with Crippen molar-refractivity contribution in [3.05, 3.63) is 62.5 Å². The summed E-state index contributed by atoms with van der Waals surface area (Å²) in [6.07, 6.45) is 5.69. The molecule has 5 rings (SSSR count). The minimum Gasteiger partial charge on any atom is -0.458 e. The molecule has 0 N–H and O–H groups in total. The third-order valence-electron chi connectivity index (χ3n) is 5.81. The molecule has 1 aliphatic heterocycles. The van der Waals surface area contributed by atoms with Crippen molar-refractivity contribution in [2.75, 3.05) is 6.54 Å². The van der Waals surface area contributed by atoms with Crippen molar-refractivity contribution in [1.82, 2.24) is 19.5 Å². The van der Waals surface area contributed by atoms with Crippen molar-refractivity contribution < 1.29 is 19.1 Å². The van der Waals surface area contributed by atoms with Crippen LogP contribution in [-0.2, 0) is 16.1 Å². The number of carbonyl (C=O) groups is 3. The number of nitrogens with zero attached hydrogens (tertiary/aromatic N) is 4. The van der Waals surface area contributed by atoms with Gasteiger partial charge in [-0.2, -0.15) is 9.61 Å². The summed E-state index contributed by atoms with van der Waals surface area (Å²) in [4.78, 5) is 55.2. The van der Waals surface area contributed by atoms with E-state index in [0.29, 0.717) is 16.6 Å². The maximum atomic E-state index is 12.5. The molecule has 0 radical (unpaired) electrons. The average molecular weight is 452 g/mol. The number of esters is 1. The molecule has 3 heterocycles. The van der Waals surface area contributed by atoms with E-state index in [-0.39, 0.29) is 23.3 Å². The van der Waals surface area contributed by atoms with E-state index in [1.165, 1.54) is 28.3 Å². The number of imide groups is 1. The summed E-state index contributed by atoms with van der Waals surface area (Å²) in [5.41, 5.74) is 0.498. The van der Waals surface area contributed by atoms with Crippen LogP contribution < -0.4 is 5.56 Å². The molecule has 2 amide bonds. The lowest BCUT2D eigenvalue weighted by Gasteiger charge is -2.18. The van der Waals surface area contributed by atoms with E-state index in [0.717, 1.165) is 35.6 Å². The minimum absolute atomic E-state index is 0.232. The number of ether oxygens (including phenoxy) is 1. The maximum absolute atomic E-state index is 12.5. The number of hydrogen-bond donors (Lipinski definition) is 0. The molecule has 9 nitrogen and oxygen atoms in total. The zero-order valence-corrected chi connectivity index (χ0v) is 18.0. The first-order chi connectivity index (χ1) is 15.5. The van der Waals surface area contributed by atoms with Crippen LogP contribution in [0.5, 0.6) is 0 Å². The van der Waals surface area contributed by atoms with E-state index in [1.807, 2.05) is 0 Å². The quantitative estimate of drug-likeness (QED) is 0.432. The molecule has 32 heavy (non-hydrogen) atoms. The van der Waals surface area contributed by atoms with E-state index in [2.05, 4.69) is 10.1 Å². The van der Waals surface area contributed by atoms with Crippen LogP contribution in [0.1, 0.15) is 69.4 Å². The Bertz CT molecular complexity index is 1260. The Kier molecular flexibility index (Phi) is 5.30. The van der Waals surface area contributed by atoms with Gasteiger partial charge in [-0.3, -0.25) is 24.1 Å². The third kappa shape index (κ3) is 3.70. The summed E-state index contributed by atoms with van der Waals surface area (Å²) in [5, 5.41) is 5.36. The van der Waals surface area contributed by atoms with Crippen LogP contribution in [0, 0.1) is 0 Å². The van der Waals surface area contributed by atoms with Crippen molar-refractivity contribution in [2.24, 2.45) is 0 Å². The lowest BCUT2D eigenvalue weighted by Crippen LogP contribution is -2.35. The minimum atomic E-state index is -0.756. The highest BCUT2D eigenvalue weighted by molar-refractivity contribution is 7.16. The van der Waals surface area contributed by atoms with Crippen LogP contribution in [0.2, 0.25) is 0 Å². The van der Waals surface area contributed by atoms with Crippen LogP contribution in [0.15, 0.2) is 35.1 Å². The SMILES string of the molecule is O=C(CN1C(=O)c2ccccc2C1=O)OCc1cc(=O)n2nc(C3CCCCC3)sc2n1. The molecule has 0 bridgehead atoms. The van der Waals surface area contributed by atoms with Gasteiger partial charge in [0.25, 0.3) is 17.4 Å². The van der Waals surface area contributed by atoms with Gasteiger partial charge >= 0.3 is 5.97 Å². The molecule has 2 aromatic heterocycles. The molecule has 10 heteroatoms. The third-order valence-corrected chi connectivity index (χ3v) is 6.89. The molecule has 0 spiro atoms. The van der Waals surface area contributed by atoms with E-state index in [9.17, 15) is 19.2 Å². The van der Waals surface area contributed by atoms with Crippen molar-refractivity contribution in [3.8, 4) is 0 Å².